The lowest BCUT2D eigenvalue weighted by Crippen LogP contribution is -2.11. The number of methoxy groups -OCH3 is 1. The molecule has 0 spiro atoms. The van der Waals surface area contributed by atoms with E-state index in [0.717, 1.165) is 61.3 Å². The third kappa shape index (κ3) is 7.20. The number of hydrogen-bond acceptors (Lipinski definition) is 3. The third-order valence-corrected chi connectivity index (χ3v) is 11.0. The molecule has 294 valence electrons. The molecule has 9 aromatic rings. The van der Waals surface area contributed by atoms with Gasteiger partial charge in [-0.15, -0.1) is 0 Å². The molecule has 0 fully saturated rings. The molecule has 0 aliphatic carbocycles. The minimum atomic E-state index is -2.43. The topological polar surface area (TPSA) is 39.9 Å². The van der Waals surface area contributed by atoms with Crippen molar-refractivity contribution in [2.24, 2.45) is 0 Å². The Hall–Kier alpha value is -7.04. The number of pyridine rings is 1. The first-order valence-corrected chi connectivity index (χ1v) is 20.0. The SMILES string of the molecule is [2H]c1c([2H])c([2H])c(-c2ccnc(-c3cc(-c4cccc5c4nc(-c4cc(C)cc(C)c4OC)n5-c4cc(-c5ccccc5)c(C([2H])([2H])[2H])cc4-c4ccccc4)cc(C(C)(C)C)c3)c2)c([2H])c1[2H]. The van der Waals surface area contributed by atoms with Crippen LogP contribution in [0.25, 0.3) is 83.9 Å². The van der Waals surface area contributed by atoms with Crippen LogP contribution in [-0.2, 0) is 5.41 Å². The van der Waals surface area contributed by atoms with Crippen LogP contribution < -0.4 is 4.74 Å². The summed E-state index contributed by atoms with van der Waals surface area (Å²) in [5.41, 5.74) is 12.4. The van der Waals surface area contributed by atoms with Gasteiger partial charge >= 0.3 is 0 Å². The van der Waals surface area contributed by atoms with E-state index in [2.05, 4.69) is 61.7 Å². The van der Waals surface area contributed by atoms with Crippen molar-refractivity contribution in [3.63, 3.8) is 0 Å². The second-order valence-corrected chi connectivity index (χ2v) is 16.2. The molecule has 4 heteroatoms. The molecule has 0 amide bonds. The number of aryl methyl sites for hydroxylation is 3. The molecule has 0 aliphatic heterocycles. The summed E-state index contributed by atoms with van der Waals surface area (Å²) in [6, 6.07) is 41.4. The summed E-state index contributed by atoms with van der Waals surface area (Å²) >= 11 is 0. The second-order valence-electron chi connectivity index (χ2n) is 16.2. The Balaban J connectivity index is 1.37. The van der Waals surface area contributed by atoms with Crippen LogP contribution in [0.5, 0.6) is 5.75 Å². The van der Waals surface area contributed by atoms with Crippen molar-refractivity contribution in [2.45, 2.75) is 46.9 Å². The van der Waals surface area contributed by atoms with Gasteiger partial charge in [0.1, 0.15) is 11.6 Å². The van der Waals surface area contributed by atoms with Gasteiger partial charge in [-0.2, -0.15) is 0 Å². The lowest BCUT2D eigenvalue weighted by Gasteiger charge is -2.22. The molecule has 0 saturated heterocycles. The van der Waals surface area contributed by atoms with E-state index in [1.165, 1.54) is 0 Å². The number of fused-ring (bicyclic) bond motifs is 1. The number of rotatable bonds is 8. The highest BCUT2D eigenvalue weighted by Crippen LogP contribution is 2.44. The molecule has 2 heterocycles. The van der Waals surface area contributed by atoms with Crippen molar-refractivity contribution in [3.05, 3.63) is 192 Å². The molecule has 9 rings (SSSR count). The minimum absolute atomic E-state index is 0.105. The molecular formula is C56H49N3O. The van der Waals surface area contributed by atoms with Crippen LogP contribution in [0, 0.1) is 20.7 Å². The van der Waals surface area contributed by atoms with Crippen molar-refractivity contribution in [1.29, 1.82) is 0 Å². The largest absolute Gasteiger partial charge is 0.496 e. The van der Waals surface area contributed by atoms with Crippen LogP contribution in [-0.4, -0.2) is 21.6 Å². The fourth-order valence-corrected chi connectivity index (χ4v) is 8.13. The molecule has 0 bridgehead atoms. The summed E-state index contributed by atoms with van der Waals surface area (Å²) in [6.07, 6.45) is 1.60. The monoisotopic (exact) mass is 787 g/mol. The fraction of sp³-hybridized carbons (Fsp3) is 0.143. The lowest BCUT2D eigenvalue weighted by atomic mass is 9.83. The molecule has 0 aliphatic rings. The minimum Gasteiger partial charge on any atom is -0.496 e. The van der Waals surface area contributed by atoms with E-state index in [1.807, 2.05) is 98.8 Å². The molecule has 60 heavy (non-hydrogen) atoms. The Morgan fingerprint density at radius 2 is 1.32 bits per heavy atom. The van der Waals surface area contributed by atoms with E-state index in [0.29, 0.717) is 39.5 Å². The van der Waals surface area contributed by atoms with Gasteiger partial charge in [0.05, 0.1) is 41.9 Å². The van der Waals surface area contributed by atoms with E-state index < -0.39 is 25.0 Å². The van der Waals surface area contributed by atoms with Crippen LogP contribution in [0.3, 0.4) is 0 Å². The van der Waals surface area contributed by atoms with Gasteiger partial charge < -0.3 is 4.74 Å². The third-order valence-electron chi connectivity index (χ3n) is 11.0. The van der Waals surface area contributed by atoms with E-state index in [-0.39, 0.29) is 28.6 Å². The quantitative estimate of drug-likeness (QED) is 0.154. The first-order chi connectivity index (χ1) is 32.3. The summed E-state index contributed by atoms with van der Waals surface area (Å²) in [5, 5.41) is 0. The highest BCUT2D eigenvalue weighted by molar-refractivity contribution is 5.98. The zero-order valence-corrected chi connectivity index (χ0v) is 34.5. The Kier molecular flexibility index (Phi) is 7.82. The van der Waals surface area contributed by atoms with Gasteiger partial charge in [-0.05, 0) is 130 Å². The Labute approximate surface area is 365 Å². The lowest BCUT2D eigenvalue weighted by molar-refractivity contribution is 0.413. The van der Waals surface area contributed by atoms with E-state index in [1.54, 1.807) is 25.4 Å². The maximum Gasteiger partial charge on any atom is 0.149 e. The molecular weight excluding hydrogens is 731 g/mol. The number of aromatic nitrogens is 3. The van der Waals surface area contributed by atoms with Crippen LogP contribution in [0.15, 0.2) is 170 Å². The summed E-state index contributed by atoms with van der Waals surface area (Å²) in [5.74, 6) is 1.27. The van der Waals surface area contributed by atoms with Crippen LogP contribution in [0.4, 0.5) is 0 Å². The maximum absolute atomic E-state index is 8.79. The molecule has 0 atom stereocenters. The van der Waals surface area contributed by atoms with Gasteiger partial charge in [0, 0.05) is 27.0 Å². The standard InChI is InChI=1S/C56H49N3O/c1-36-28-38(3)54(60-7)49(29-36)55-58-53-46(43-31-44(33-45(32-43)56(4,5)6)50-34-42(26-27-57-50)39-18-11-8-12-19-39)24-17-25-51(53)59(55)52-35-47(40-20-13-9-14-21-40)37(2)30-48(52)41-22-15-10-16-23-41/h8-35H,1-7H3/i2D3,8D,11D,12D,18D,19D. The number of hydrogen-bond donors (Lipinski definition) is 0. The Morgan fingerprint density at radius 3 is 2.02 bits per heavy atom. The van der Waals surface area contributed by atoms with Gasteiger partial charge in [-0.25, -0.2) is 4.98 Å². The van der Waals surface area contributed by atoms with Gasteiger partial charge in [0.25, 0.3) is 0 Å². The van der Waals surface area contributed by atoms with Crippen LogP contribution in [0.2, 0.25) is 0 Å². The molecule has 2 aromatic heterocycles. The van der Waals surface area contributed by atoms with Crippen LogP contribution >= 0.6 is 0 Å². The van der Waals surface area contributed by atoms with Crippen molar-refractivity contribution in [2.75, 3.05) is 7.11 Å². The van der Waals surface area contributed by atoms with Gasteiger partial charge in [0.2, 0.25) is 0 Å². The van der Waals surface area contributed by atoms with Gasteiger partial charge in [-0.3, -0.25) is 9.55 Å². The van der Waals surface area contributed by atoms with Crippen molar-refractivity contribution in [3.8, 4) is 78.6 Å². The summed E-state index contributed by atoms with van der Waals surface area (Å²) in [6.45, 7) is 8.06. The zero-order chi connectivity index (χ0) is 48.4. The number of nitrogens with zero attached hydrogens (tertiary/aromatic N) is 3. The zero-order valence-electron chi connectivity index (χ0n) is 42.5. The Morgan fingerprint density at radius 1 is 0.600 bits per heavy atom. The van der Waals surface area contributed by atoms with E-state index in [4.69, 9.17) is 25.7 Å². The van der Waals surface area contributed by atoms with Crippen molar-refractivity contribution < 1.29 is 15.7 Å². The number of ether oxygens (including phenoxy) is 1. The summed E-state index contributed by atoms with van der Waals surface area (Å²) < 4.78 is 76.9. The van der Waals surface area contributed by atoms with Crippen molar-refractivity contribution >= 4 is 11.0 Å². The average Bonchev–Trinajstić information content (AvgIpc) is 3.72. The van der Waals surface area contributed by atoms with Gasteiger partial charge in [0.15, 0.2) is 0 Å². The highest BCUT2D eigenvalue weighted by atomic mass is 16.5. The normalized spacial score (nSPS) is 13.7. The van der Waals surface area contributed by atoms with Crippen molar-refractivity contribution in [1.82, 2.24) is 14.5 Å². The predicted octanol–water partition coefficient (Wildman–Crippen LogP) is 14.7. The average molecular weight is 788 g/mol. The summed E-state index contributed by atoms with van der Waals surface area (Å²) in [4.78, 5) is 10.4. The molecule has 4 nitrogen and oxygen atoms in total. The van der Waals surface area contributed by atoms with Gasteiger partial charge in [-0.1, -0.05) is 136 Å². The first kappa shape index (κ1) is 30.1. The molecule has 7 aromatic carbocycles. The maximum atomic E-state index is 8.79. The number of imidazole rings is 1. The molecule has 0 radical (unpaired) electrons. The predicted molar refractivity (Wildman–Crippen MR) is 251 cm³/mol. The molecule has 0 N–H and O–H groups in total. The highest BCUT2D eigenvalue weighted by Gasteiger charge is 2.25. The van der Waals surface area contributed by atoms with Crippen LogP contribution in [0.1, 0.15) is 54.0 Å². The van der Waals surface area contributed by atoms with E-state index in [9.17, 15) is 0 Å². The smallest absolute Gasteiger partial charge is 0.149 e. The molecule has 0 saturated carbocycles. The van der Waals surface area contributed by atoms with E-state index >= 15 is 0 Å². The number of benzene rings is 7. The number of para-hydroxylation sites is 1. The molecule has 0 unspecified atom stereocenters. The second kappa shape index (κ2) is 15.6. The fourth-order valence-electron chi connectivity index (χ4n) is 8.13. The Bertz CT molecular complexity index is 3400. The first-order valence-electron chi connectivity index (χ1n) is 24.0. The summed E-state index contributed by atoms with van der Waals surface area (Å²) in [7, 11) is 1.66.